The molecule has 3 aliphatic rings. The molecule has 0 aromatic heterocycles. The molecule has 5 rings (SSSR count). The van der Waals surface area contributed by atoms with Gasteiger partial charge in [0.2, 0.25) is 5.91 Å². The fourth-order valence-corrected chi connectivity index (χ4v) is 5.85. The Hall–Kier alpha value is -2.04. The van der Waals surface area contributed by atoms with Crippen molar-refractivity contribution in [3.63, 3.8) is 0 Å². The standard InChI is InChI=1S/C27H33ClN2O2/c1-19-21(17-32-24-11-5-20-6-12-26(31)29-25(20)16-24)4-2-15-30(19)18-27(13-3-14-27)22-7-9-23(28)10-8-22/h5,7-11,16,19,21H,2-4,6,12-15,17-18H2,1H3,(H,29,31). The van der Waals surface area contributed by atoms with Crippen LogP contribution in [0.1, 0.15) is 56.6 Å². The van der Waals surface area contributed by atoms with Crippen LogP contribution in [0.5, 0.6) is 5.75 Å². The number of aryl methyl sites for hydroxylation is 1. The molecule has 1 saturated carbocycles. The van der Waals surface area contributed by atoms with E-state index in [2.05, 4.69) is 35.3 Å². The normalized spacial score (nSPS) is 24.9. The molecule has 2 fully saturated rings. The number of rotatable bonds is 6. The van der Waals surface area contributed by atoms with Gasteiger partial charge in [0.15, 0.2) is 0 Å². The predicted molar refractivity (Wildman–Crippen MR) is 130 cm³/mol. The van der Waals surface area contributed by atoms with E-state index in [0.717, 1.165) is 42.6 Å². The van der Waals surface area contributed by atoms with Crippen LogP contribution in [0.3, 0.4) is 0 Å². The van der Waals surface area contributed by atoms with E-state index < -0.39 is 0 Å². The molecule has 0 radical (unpaired) electrons. The summed E-state index contributed by atoms with van der Waals surface area (Å²) in [6.45, 7) is 5.38. The molecule has 1 aliphatic carbocycles. The lowest BCUT2D eigenvalue weighted by Gasteiger charge is -2.49. The summed E-state index contributed by atoms with van der Waals surface area (Å²) in [4.78, 5) is 14.4. The summed E-state index contributed by atoms with van der Waals surface area (Å²) in [5.41, 5.74) is 3.82. The number of halogens is 1. The molecule has 2 aromatic rings. The number of amides is 1. The summed E-state index contributed by atoms with van der Waals surface area (Å²) in [6, 6.07) is 15.1. The molecule has 0 bridgehead atoms. The monoisotopic (exact) mass is 452 g/mol. The van der Waals surface area contributed by atoms with Crippen LogP contribution in [-0.2, 0) is 16.6 Å². The number of anilines is 1. The van der Waals surface area contributed by atoms with Crippen molar-refractivity contribution >= 4 is 23.2 Å². The fraction of sp³-hybridized carbons (Fsp3) is 0.519. The van der Waals surface area contributed by atoms with Crippen molar-refractivity contribution in [3.05, 3.63) is 58.6 Å². The number of fused-ring (bicyclic) bond motifs is 1. The van der Waals surface area contributed by atoms with Crippen LogP contribution in [0.25, 0.3) is 0 Å². The van der Waals surface area contributed by atoms with Crippen LogP contribution in [0.2, 0.25) is 5.02 Å². The number of nitrogens with zero attached hydrogens (tertiary/aromatic N) is 1. The minimum atomic E-state index is 0.0943. The van der Waals surface area contributed by atoms with E-state index in [-0.39, 0.29) is 11.3 Å². The number of hydrogen-bond donors (Lipinski definition) is 1. The number of ether oxygens (including phenoxy) is 1. The van der Waals surface area contributed by atoms with Gasteiger partial charge in [0.05, 0.1) is 6.61 Å². The second kappa shape index (κ2) is 9.07. The highest BCUT2D eigenvalue weighted by Crippen LogP contribution is 2.45. The van der Waals surface area contributed by atoms with Gasteiger partial charge in [-0.1, -0.05) is 36.2 Å². The molecular formula is C27H33ClN2O2. The molecule has 4 nitrogen and oxygen atoms in total. The molecule has 1 saturated heterocycles. The number of likely N-dealkylation sites (tertiary alicyclic amines) is 1. The summed E-state index contributed by atoms with van der Waals surface area (Å²) in [5, 5.41) is 3.79. The van der Waals surface area contributed by atoms with Crippen molar-refractivity contribution in [2.24, 2.45) is 5.92 Å². The van der Waals surface area contributed by atoms with Crippen LogP contribution >= 0.6 is 11.6 Å². The van der Waals surface area contributed by atoms with Crippen LogP contribution in [0, 0.1) is 5.92 Å². The summed E-state index contributed by atoms with van der Waals surface area (Å²) < 4.78 is 6.24. The van der Waals surface area contributed by atoms with Gasteiger partial charge in [0.1, 0.15) is 5.75 Å². The van der Waals surface area contributed by atoms with Gasteiger partial charge >= 0.3 is 0 Å². The number of piperidine rings is 1. The first-order valence-electron chi connectivity index (χ1n) is 12.1. The van der Waals surface area contributed by atoms with Gasteiger partial charge in [-0.2, -0.15) is 0 Å². The van der Waals surface area contributed by atoms with E-state index in [1.807, 2.05) is 24.3 Å². The summed E-state index contributed by atoms with van der Waals surface area (Å²) >= 11 is 6.14. The van der Waals surface area contributed by atoms with Crippen molar-refractivity contribution in [1.82, 2.24) is 4.90 Å². The average molecular weight is 453 g/mol. The molecule has 2 aromatic carbocycles. The van der Waals surface area contributed by atoms with Crippen molar-refractivity contribution in [2.75, 3.05) is 25.0 Å². The Labute approximate surface area is 196 Å². The lowest BCUT2D eigenvalue weighted by atomic mass is 9.63. The predicted octanol–water partition coefficient (Wildman–Crippen LogP) is 5.83. The molecule has 170 valence electrons. The van der Waals surface area contributed by atoms with E-state index in [1.165, 1.54) is 43.2 Å². The minimum Gasteiger partial charge on any atom is -0.493 e. The number of hydrogen-bond acceptors (Lipinski definition) is 3. The zero-order valence-electron chi connectivity index (χ0n) is 18.9. The van der Waals surface area contributed by atoms with Gasteiger partial charge in [0, 0.05) is 47.1 Å². The molecule has 2 aliphatic heterocycles. The third-order valence-corrected chi connectivity index (χ3v) is 8.24. The van der Waals surface area contributed by atoms with Crippen LogP contribution in [-0.4, -0.2) is 36.5 Å². The minimum absolute atomic E-state index is 0.0943. The first-order valence-corrected chi connectivity index (χ1v) is 12.5. The topological polar surface area (TPSA) is 41.6 Å². The van der Waals surface area contributed by atoms with Gasteiger partial charge in [-0.25, -0.2) is 0 Å². The first kappa shape index (κ1) is 21.8. The second-order valence-electron chi connectivity index (χ2n) is 9.93. The molecule has 5 heteroatoms. The number of carbonyl (C=O) groups excluding carboxylic acids is 1. The Morgan fingerprint density at radius 3 is 2.69 bits per heavy atom. The number of benzene rings is 2. The highest BCUT2D eigenvalue weighted by molar-refractivity contribution is 6.30. The van der Waals surface area contributed by atoms with Gasteiger partial charge in [-0.05, 0) is 74.9 Å². The van der Waals surface area contributed by atoms with E-state index in [9.17, 15) is 4.79 Å². The number of carbonyl (C=O) groups is 1. The average Bonchev–Trinajstić information content (AvgIpc) is 2.77. The van der Waals surface area contributed by atoms with Crippen LogP contribution in [0.4, 0.5) is 5.69 Å². The zero-order valence-corrected chi connectivity index (χ0v) is 19.7. The summed E-state index contributed by atoms with van der Waals surface area (Å²) in [6.07, 6.45) is 7.64. The second-order valence-corrected chi connectivity index (χ2v) is 10.4. The Morgan fingerprint density at radius 1 is 1.12 bits per heavy atom. The Kier molecular flexibility index (Phi) is 6.18. The van der Waals surface area contributed by atoms with Gasteiger partial charge < -0.3 is 10.1 Å². The molecule has 2 unspecified atom stereocenters. The Morgan fingerprint density at radius 2 is 1.94 bits per heavy atom. The summed E-state index contributed by atoms with van der Waals surface area (Å²) in [5.74, 6) is 1.46. The maximum absolute atomic E-state index is 11.7. The van der Waals surface area contributed by atoms with Gasteiger partial charge in [-0.3, -0.25) is 9.69 Å². The van der Waals surface area contributed by atoms with Crippen LogP contribution < -0.4 is 10.1 Å². The lowest BCUT2D eigenvalue weighted by Crippen LogP contribution is -2.53. The van der Waals surface area contributed by atoms with Crippen molar-refractivity contribution in [2.45, 2.75) is 63.3 Å². The van der Waals surface area contributed by atoms with Crippen molar-refractivity contribution in [1.29, 1.82) is 0 Å². The maximum Gasteiger partial charge on any atom is 0.224 e. The van der Waals surface area contributed by atoms with Crippen molar-refractivity contribution < 1.29 is 9.53 Å². The molecule has 1 N–H and O–H groups in total. The third kappa shape index (κ3) is 4.40. The first-order chi connectivity index (χ1) is 15.5. The zero-order chi connectivity index (χ0) is 22.1. The number of nitrogens with one attached hydrogen (secondary N) is 1. The van der Waals surface area contributed by atoms with Crippen LogP contribution in [0.15, 0.2) is 42.5 Å². The van der Waals surface area contributed by atoms with Gasteiger partial charge in [-0.15, -0.1) is 0 Å². The quantitative estimate of drug-likeness (QED) is 0.599. The van der Waals surface area contributed by atoms with Crippen molar-refractivity contribution in [3.8, 4) is 5.75 Å². The third-order valence-electron chi connectivity index (χ3n) is 7.99. The highest BCUT2D eigenvalue weighted by atomic mass is 35.5. The fourth-order valence-electron chi connectivity index (χ4n) is 5.72. The molecule has 2 heterocycles. The Balaban J connectivity index is 1.23. The van der Waals surface area contributed by atoms with E-state index in [4.69, 9.17) is 16.3 Å². The largest absolute Gasteiger partial charge is 0.493 e. The molecule has 1 amide bonds. The van der Waals surface area contributed by atoms with E-state index in [1.54, 1.807) is 0 Å². The Bertz CT molecular complexity index is 970. The maximum atomic E-state index is 11.7. The lowest BCUT2D eigenvalue weighted by molar-refractivity contribution is -0.116. The molecule has 0 spiro atoms. The molecule has 32 heavy (non-hydrogen) atoms. The summed E-state index contributed by atoms with van der Waals surface area (Å²) in [7, 11) is 0. The van der Waals surface area contributed by atoms with E-state index >= 15 is 0 Å². The smallest absolute Gasteiger partial charge is 0.224 e. The highest BCUT2D eigenvalue weighted by Gasteiger charge is 2.42. The molecule has 2 atom stereocenters. The SMILES string of the molecule is CC1C(COc2ccc3c(c2)NC(=O)CC3)CCCN1CC1(c2ccc(Cl)cc2)CCC1. The van der Waals surface area contributed by atoms with Gasteiger partial charge in [0.25, 0.3) is 0 Å². The molecular weight excluding hydrogens is 420 g/mol. The van der Waals surface area contributed by atoms with E-state index in [0.29, 0.717) is 18.4 Å².